The van der Waals surface area contributed by atoms with Gasteiger partial charge < -0.3 is 9.84 Å². The summed E-state index contributed by atoms with van der Waals surface area (Å²) in [5.41, 5.74) is -0.319. The van der Waals surface area contributed by atoms with Gasteiger partial charge in [0.25, 0.3) is 5.69 Å². The van der Waals surface area contributed by atoms with E-state index in [4.69, 9.17) is 5.11 Å². The number of carbonyl (C=O) groups is 1. The van der Waals surface area contributed by atoms with Crippen LogP contribution in [-0.4, -0.2) is 29.2 Å². The lowest BCUT2D eigenvalue weighted by atomic mass is 10.1. The Morgan fingerprint density at radius 2 is 2.29 bits per heavy atom. The molecular weight excluding hydrogens is 233 g/mol. The molecule has 0 spiro atoms. The standard InChI is InChI=1S/C10H10FNO5/c1-17-9(10(13)14)4-6-2-3-7(12(15)16)5-8(6)11/h2-3,5,9H,4H2,1H3,(H,13,14). The highest BCUT2D eigenvalue weighted by atomic mass is 19.1. The van der Waals surface area contributed by atoms with Crippen LogP contribution in [-0.2, 0) is 16.0 Å². The van der Waals surface area contributed by atoms with Gasteiger partial charge in [-0.1, -0.05) is 0 Å². The summed E-state index contributed by atoms with van der Waals surface area (Å²) in [6.07, 6.45) is -1.36. The fourth-order valence-electron chi connectivity index (χ4n) is 1.29. The van der Waals surface area contributed by atoms with Gasteiger partial charge in [-0.15, -0.1) is 0 Å². The minimum Gasteiger partial charge on any atom is -0.479 e. The summed E-state index contributed by atoms with van der Waals surface area (Å²) in [7, 11) is 1.20. The lowest BCUT2D eigenvalue weighted by Crippen LogP contribution is -2.25. The van der Waals surface area contributed by atoms with Gasteiger partial charge in [-0.3, -0.25) is 10.1 Å². The van der Waals surface area contributed by atoms with Crippen molar-refractivity contribution in [2.24, 2.45) is 0 Å². The fourth-order valence-corrected chi connectivity index (χ4v) is 1.29. The topological polar surface area (TPSA) is 89.7 Å². The molecule has 92 valence electrons. The number of hydrogen-bond donors (Lipinski definition) is 1. The first-order chi connectivity index (χ1) is 7.95. The summed E-state index contributed by atoms with van der Waals surface area (Å²) in [4.78, 5) is 20.3. The van der Waals surface area contributed by atoms with E-state index in [2.05, 4.69) is 4.74 Å². The number of nitro benzene ring substituents is 1. The molecule has 1 atom stereocenters. The number of hydrogen-bond acceptors (Lipinski definition) is 4. The predicted molar refractivity (Wildman–Crippen MR) is 55.2 cm³/mol. The number of nitro groups is 1. The monoisotopic (exact) mass is 243 g/mol. The molecule has 0 fully saturated rings. The maximum atomic E-state index is 13.4. The number of carboxylic acid groups (broad SMARTS) is 1. The third kappa shape index (κ3) is 3.22. The first kappa shape index (κ1) is 13.0. The quantitative estimate of drug-likeness (QED) is 0.623. The van der Waals surface area contributed by atoms with E-state index in [1.807, 2.05) is 0 Å². The van der Waals surface area contributed by atoms with Gasteiger partial charge in [0.15, 0.2) is 6.10 Å². The molecule has 0 aliphatic heterocycles. The fraction of sp³-hybridized carbons (Fsp3) is 0.300. The summed E-state index contributed by atoms with van der Waals surface area (Å²) in [6, 6.07) is 3.05. The Morgan fingerprint density at radius 1 is 1.65 bits per heavy atom. The number of halogens is 1. The Labute approximate surface area is 95.8 Å². The summed E-state index contributed by atoms with van der Waals surface area (Å²) in [5, 5.41) is 19.1. The molecule has 0 saturated heterocycles. The van der Waals surface area contributed by atoms with Crippen molar-refractivity contribution in [1.82, 2.24) is 0 Å². The molecule has 6 nitrogen and oxygen atoms in total. The average molecular weight is 243 g/mol. The number of aliphatic carboxylic acids is 1. The van der Waals surface area contributed by atoms with Gasteiger partial charge in [0, 0.05) is 19.6 Å². The molecule has 0 aliphatic rings. The van der Waals surface area contributed by atoms with Crippen LogP contribution in [0.1, 0.15) is 5.56 Å². The molecule has 1 N–H and O–H groups in total. The molecule has 0 radical (unpaired) electrons. The van der Waals surface area contributed by atoms with E-state index in [-0.39, 0.29) is 17.7 Å². The van der Waals surface area contributed by atoms with E-state index in [0.717, 1.165) is 12.1 Å². The smallest absolute Gasteiger partial charge is 0.333 e. The van der Waals surface area contributed by atoms with Gasteiger partial charge in [-0.2, -0.15) is 0 Å². The average Bonchev–Trinajstić information content (AvgIpc) is 2.26. The zero-order chi connectivity index (χ0) is 13.0. The normalized spacial score (nSPS) is 12.1. The first-order valence-corrected chi connectivity index (χ1v) is 4.64. The maximum absolute atomic E-state index is 13.4. The second-order valence-electron chi connectivity index (χ2n) is 3.30. The van der Waals surface area contributed by atoms with Crippen LogP contribution in [0, 0.1) is 15.9 Å². The van der Waals surface area contributed by atoms with Crippen LogP contribution in [0.2, 0.25) is 0 Å². The van der Waals surface area contributed by atoms with Crippen LogP contribution in [0.4, 0.5) is 10.1 Å². The number of ether oxygens (including phenoxy) is 1. The minimum absolute atomic E-state index is 0.0600. The molecule has 17 heavy (non-hydrogen) atoms. The van der Waals surface area contributed by atoms with Gasteiger partial charge in [-0.25, -0.2) is 9.18 Å². The van der Waals surface area contributed by atoms with Crippen LogP contribution in [0.15, 0.2) is 18.2 Å². The number of methoxy groups -OCH3 is 1. The lowest BCUT2D eigenvalue weighted by Gasteiger charge is -2.10. The Morgan fingerprint density at radius 3 is 2.71 bits per heavy atom. The molecule has 7 heteroatoms. The van der Waals surface area contributed by atoms with Crippen molar-refractivity contribution < 1.29 is 24.0 Å². The highest BCUT2D eigenvalue weighted by molar-refractivity contribution is 5.72. The summed E-state index contributed by atoms with van der Waals surface area (Å²) in [5.74, 6) is -2.03. The van der Waals surface area contributed by atoms with Gasteiger partial charge >= 0.3 is 5.97 Å². The molecule has 1 aromatic rings. The van der Waals surface area contributed by atoms with E-state index in [1.54, 1.807) is 0 Å². The molecule has 1 rings (SSSR count). The number of carboxylic acids is 1. The third-order valence-electron chi connectivity index (χ3n) is 2.21. The number of rotatable bonds is 5. The molecule has 0 amide bonds. The zero-order valence-corrected chi connectivity index (χ0v) is 8.92. The first-order valence-electron chi connectivity index (χ1n) is 4.64. The summed E-state index contributed by atoms with van der Waals surface area (Å²) in [6.45, 7) is 0. The van der Waals surface area contributed by atoms with Gasteiger partial charge in [0.1, 0.15) is 5.82 Å². The largest absolute Gasteiger partial charge is 0.479 e. The number of non-ortho nitro benzene ring substituents is 1. The molecule has 0 saturated carbocycles. The van der Waals surface area contributed by atoms with Crippen molar-refractivity contribution in [2.75, 3.05) is 7.11 Å². The van der Waals surface area contributed by atoms with Crippen LogP contribution >= 0.6 is 0 Å². The molecule has 1 unspecified atom stereocenters. The Kier molecular flexibility index (Phi) is 4.11. The van der Waals surface area contributed by atoms with E-state index >= 15 is 0 Å². The molecule has 0 heterocycles. The SMILES string of the molecule is COC(Cc1ccc([N+](=O)[O-])cc1F)C(=O)O. The molecule has 0 aromatic heterocycles. The van der Waals surface area contributed by atoms with E-state index in [0.29, 0.717) is 0 Å². The molecule has 0 aliphatic carbocycles. The Balaban J connectivity index is 2.93. The highest BCUT2D eigenvalue weighted by Crippen LogP contribution is 2.18. The van der Waals surface area contributed by atoms with Gasteiger partial charge in [-0.05, 0) is 11.6 Å². The van der Waals surface area contributed by atoms with E-state index < -0.39 is 22.8 Å². The number of benzene rings is 1. The Bertz CT molecular complexity index is 448. The third-order valence-corrected chi connectivity index (χ3v) is 2.21. The maximum Gasteiger partial charge on any atom is 0.333 e. The van der Waals surface area contributed by atoms with Crippen LogP contribution < -0.4 is 0 Å². The molecule has 0 bridgehead atoms. The van der Waals surface area contributed by atoms with Crippen LogP contribution in [0.5, 0.6) is 0 Å². The van der Waals surface area contributed by atoms with Crippen LogP contribution in [0.25, 0.3) is 0 Å². The number of nitrogens with zero attached hydrogens (tertiary/aromatic N) is 1. The van der Waals surface area contributed by atoms with Crippen molar-refractivity contribution in [3.63, 3.8) is 0 Å². The van der Waals surface area contributed by atoms with Crippen molar-refractivity contribution in [3.8, 4) is 0 Å². The molecular formula is C10H10FNO5. The molecule has 1 aromatic carbocycles. The second-order valence-corrected chi connectivity index (χ2v) is 3.30. The highest BCUT2D eigenvalue weighted by Gasteiger charge is 2.20. The van der Waals surface area contributed by atoms with Gasteiger partial charge in [0.2, 0.25) is 0 Å². The summed E-state index contributed by atoms with van der Waals surface area (Å²) >= 11 is 0. The summed E-state index contributed by atoms with van der Waals surface area (Å²) < 4.78 is 18.1. The lowest BCUT2D eigenvalue weighted by molar-refractivity contribution is -0.385. The van der Waals surface area contributed by atoms with Crippen molar-refractivity contribution in [2.45, 2.75) is 12.5 Å². The van der Waals surface area contributed by atoms with Crippen molar-refractivity contribution in [3.05, 3.63) is 39.7 Å². The predicted octanol–water partition coefficient (Wildman–Crippen LogP) is 1.38. The van der Waals surface area contributed by atoms with Crippen molar-refractivity contribution in [1.29, 1.82) is 0 Å². The minimum atomic E-state index is -1.22. The van der Waals surface area contributed by atoms with E-state index in [9.17, 15) is 19.3 Å². The second kappa shape index (κ2) is 5.35. The van der Waals surface area contributed by atoms with E-state index in [1.165, 1.54) is 13.2 Å². The van der Waals surface area contributed by atoms with Crippen LogP contribution in [0.3, 0.4) is 0 Å². The van der Waals surface area contributed by atoms with Crippen molar-refractivity contribution >= 4 is 11.7 Å². The Hall–Kier alpha value is -2.02. The van der Waals surface area contributed by atoms with Gasteiger partial charge in [0.05, 0.1) is 11.0 Å². The zero-order valence-electron chi connectivity index (χ0n) is 8.92.